The maximum atomic E-state index is 12.6. The standard InChI is InChI=1S/C13H13FN2O/c1-9(2)10-3-5-12(6-4-10)17-13-15-7-11(14)8-16-13/h3-9H,1-2H3. The van der Waals surface area contributed by atoms with Gasteiger partial charge in [-0.3, -0.25) is 0 Å². The summed E-state index contributed by atoms with van der Waals surface area (Å²) < 4.78 is 18.0. The van der Waals surface area contributed by atoms with Crippen LogP contribution in [0.4, 0.5) is 4.39 Å². The topological polar surface area (TPSA) is 35.0 Å². The van der Waals surface area contributed by atoms with Crippen LogP contribution in [0.15, 0.2) is 36.7 Å². The summed E-state index contributed by atoms with van der Waals surface area (Å²) in [5.74, 6) is 0.639. The van der Waals surface area contributed by atoms with Crippen LogP contribution in [0, 0.1) is 5.82 Å². The van der Waals surface area contributed by atoms with E-state index in [2.05, 4.69) is 23.8 Å². The van der Waals surface area contributed by atoms with Crippen LogP contribution >= 0.6 is 0 Å². The van der Waals surface area contributed by atoms with Crippen LogP contribution in [-0.4, -0.2) is 9.97 Å². The fourth-order valence-electron chi connectivity index (χ4n) is 1.38. The molecule has 1 aromatic heterocycles. The summed E-state index contributed by atoms with van der Waals surface area (Å²) >= 11 is 0. The van der Waals surface area contributed by atoms with Gasteiger partial charge in [0.15, 0.2) is 5.82 Å². The third kappa shape index (κ3) is 3.00. The van der Waals surface area contributed by atoms with Crippen molar-refractivity contribution < 1.29 is 9.13 Å². The molecule has 0 bridgehead atoms. The second-order valence-electron chi connectivity index (χ2n) is 4.01. The number of halogens is 1. The van der Waals surface area contributed by atoms with E-state index >= 15 is 0 Å². The predicted octanol–water partition coefficient (Wildman–Crippen LogP) is 3.53. The Morgan fingerprint density at radius 1 is 1.06 bits per heavy atom. The molecule has 0 unspecified atom stereocenters. The van der Waals surface area contributed by atoms with Crippen molar-refractivity contribution in [2.24, 2.45) is 0 Å². The first-order chi connectivity index (χ1) is 8.15. The van der Waals surface area contributed by atoms with Crippen LogP contribution in [0.3, 0.4) is 0 Å². The van der Waals surface area contributed by atoms with Crippen molar-refractivity contribution in [3.63, 3.8) is 0 Å². The van der Waals surface area contributed by atoms with Crippen LogP contribution in [0.5, 0.6) is 11.8 Å². The zero-order valence-corrected chi connectivity index (χ0v) is 9.72. The van der Waals surface area contributed by atoms with Gasteiger partial charge in [0.25, 0.3) is 0 Å². The molecule has 0 aliphatic rings. The smallest absolute Gasteiger partial charge is 0.322 e. The van der Waals surface area contributed by atoms with Crippen LogP contribution in [0.25, 0.3) is 0 Å². The quantitative estimate of drug-likeness (QED) is 0.812. The molecule has 1 heterocycles. The van der Waals surface area contributed by atoms with Gasteiger partial charge in [-0.2, -0.15) is 0 Å². The van der Waals surface area contributed by atoms with Gasteiger partial charge < -0.3 is 4.74 Å². The summed E-state index contributed by atoms with van der Waals surface area (Å²) in [5, 5.41) is 0. The third-order valence-electron chi connectivity index (χ3n) is 2.35. The summed E-state index contributed by atoms with van der Waals surface area (Å²) in [6.07, 6.45) is 2.15. The lowest BCUT2D eigenvalue weighted by atomic mass is 10.0. The normalized spacial score (nSPS) is 10.6. The summed E-state index contributed by atoms with van der Waals surface area (Å²) in [6.45, 7) is 4.25. The lowest BCUT2D eigenvalue weighted by molar-refractivity contribution is 0.436. The number of hydrogen-bond acceptors (Lipinski definition) is 3. The molecule has 88 valence electrons. The molecule has 0 radical (unpaired) electrons. The van der Waals surface area contributed by atoms with E-state index in [1.807, 2.05) is 24.3 Å². The minimum absolute atomic E-state index is 0.142. The average molecular weight is 232 g/mol. The number of hydrogen-bond donors (Lipinski definition) is 0. The Kier molecular flexibility index (Phi) is 3.32. The number of ether oxygens (including phenoxy) is 1. The van der Waals surface area contributed by atoms with Crippen LogP contribution in [0.1, 0.15) is 25.3 Å². The van der Waals surface area contributed by atoms with Gasteiger partial charge in [0, 0.05) is 0 Å². The average Bonchev–Trinajstić information content (AvgIpc) is 2.33. The molecule has 0 aliphatic carbocycles. The highest BCUT2D eigenvalue weighted by Crippen LogP contribution is 2.21. The fourth-order valence-corrected chi connectivity index (χ4v) is 1.38. The molecule has 0 atom stereocenters. The molecule has 2 rings (SSSR count). The maximum Gasteiger partial charge on any atom is 0.322 e. The van der Waals surface area contributed by atoms with Crippen molar-refractivity contribution >= 4 is 0 Å². The Balaban J connectivity index is 2.11. The molecular formula is C13H13FN2O. The van der Waals surface area contributed by atoms with Crippen molar-refractivity contribution in [2.75, 3.05) is 0 Å². The van der Waals surface area contributed by atoms with Crippen LogP contribution < -0.4 is 4.74 Å². The minimum atomic E-state index is -0.479. The first kappa shape index (κ1) is 11.5. The fraction of sp³-hybridized carbons (Fsp3) is 0.231. The van der Waals surface area contributed by atoms with E-state index in [1.54, 1.807) is 0 Å². The van der Waals surface area contributed by atoms with Gasteiger partial charge in [0.05, 0.1) is 12.4 Å². The lowest BCUT2D eigenvalue weighted by Gasteiger charge is -2.07. The van der Waals surface area contributed by atoms with E-state index in [-0.39, 0.29) is 6.01 Å². The number of benzene rings is 1. The molecule has 0 aliphatic heterocycles. The Bertz CT molecular complexity index is 480. The molecule has 0 saturated carbocycles. The summed E-state index contributed by atoms with van der Waals surface area (Å²) in [5.41, 5.74) is 1.23. The highest BCUT2D eigenvalue weighted by molar-refractivity contribution is 5.30. The van der Waals surface area contributed by atoms with Crippen molar-refractivity contribution in [1.82, 2.24) is 9.97 Å². The molecule has 0 amide bonds. The lowest BCUT2D eigenvalue weighted by Crippen LogP contribution is -1.93. The summed E-state index contributed by atoms with van der Waals surface area (Å²) in [4.78, 5) is 7.45. The highest BCUT2D eigenvalue weighted by atomic mass is 19.1. The minimum Gasteiger partial charge on any atom is -0.424 e. The molecular weight excluding hydrogens is 219 g/mol. The van der Waals surface area contributed by atoms with Crippen molar-refractivity contribution in [3.8, 4) is 11.8 Å². The number of nitrogens with zero attached hydrogens (tertiary/aromatic N) is 2. The molecule has 3 nitrogen and oxygen atoms in total. The van der Waals surface area contributed by atoms with Gasteiger partial charge in [0.1, 0.15) is 5.75 Å². The molecule has 2 aromatic rings. The van der Waals surface area contributed by atoms with Gasteiger partial charge >= 0.3 is 6.01 Å². The van der Waals surface area contributed by atoms with Gasteiger partial charge in [-0.1, -0.05) is 26.0 Å². The molecule has 0 saturated heterocycles. The molecule has 0 spiro atoms. The van der Waals surface area contributed by atoms with Crippen LogP contribution in [-0.2, 0) is 0 Å². The van der Waals surface area contributed by atoms with E-state index in [9.17, 15) is 4.39 Å². The highest BCUT2D eigenvalue weighted by Gasteiger charge is 2.02. The second-order valence-corrected chi connectivity index (χ2v) is 4.01. The summed E-state index contributed by atoms with van der Waals surface area (Å²) in [7, 11) is 0. The Labute approximate surface area is 99.3 Å². The van der Waals surface area contributed by atoms with Gasteiger partial charge in [-0.25, -0.2) is 14.4 Å². The first-order valence-corrected chi connectivity index (χ1v) is 5.40. The maximum absolute atomic E-state index is 12.6. The summed E-state index contributed by atoms with van der Waals surface area (Å²) in [6, 6.07) is 7.82. The largest absolute Gasteiger partial charge is 0.424 e. The SMILES string of the molecule is CC(C)c1ccc(Oc2ncc(F)cn2)cc1. The Hall–Kier alpha value is -1.97. The van der Waals surface area contributed by atoms with Gasteiger partial charge in [-0.05, 0) is 23.6 Å². The van der Waals surface area contributed by atoms with Gasteiger partial charge in [-0.15, -0.1) is 0 Å². The van der Waals surface area contributed by atoms with E-state index < -0.39 is 5.82 Å². The Morgan fingerprint density at radius 3 is 2.18 bits per heavy atom. The third-order valence-corrected chi connectivity index (χ3v) is 2.35. The van der Waals surface area contributed by atoms with E-state index in [1.165, 1.54) is 5.56 Å². The Morgan fingerprint density at radius 2 is 1.65 bits per heavy atom. The van der Waals surface area contributed by atoms with Crippen molar-refractivity contribution in [3.05, 3.63) is 48.0 Å². The zero-order chi connectivity index (χ0) is 12.3. The molecule has 0 fully saturated rings. The zero-order valence-electron chi connectivity index (χ0n) is 9.72. The van der Waals surface area contributed by atoms with Crippen LogP contribution in [0.2, 0.25) is 0 Å². The van der Waals surface area contributed by atoms with E-state index in [0.29, 0.717) is 11.7 Å². The molecule has 0 N–H and O–H groups in total. The first-order valence-electron chi connectivity index (χ1n) is 5.40. The van der Waals surface area contributed by atoms with E-state index in [4.69, 9.17) is 4.74 Å². The van der Waals surface area contributed by atoms with Crippen molar-refractivity contribution in [1.29, 1.82) is 0 Å². The molecule has 4 heteroatoms. The predicted molar refractivity (Wildman–Crippen MR) is 62.6 cm³/mol. The van der Waals surface area contributed by atoms with Gasteiger partial charge in [0.2, 0.25) is 0 Å². The number of rotatable bonds is 3. The second kappa shape index (κ2) is 4.91. The van der Waals surface area contributed by atoms with Crippen molar-refractivity contribution in [2.45, 2.75) is 19.8 Å². The monoisotopic (exact) mass is 232 g/mol. The number of aromatic nitrogens is 2. The molecule has 17 heavy (non-hydrogen) atoms. The van der Waals surface area contributed by atoms with E-state index in [0.717, 1.165) is 12.4 Å². The molecule has 1 aromatic carbocycles.